The van der Waals surface area contributed by atoms with Crippen molar-refractivity contribution in [1.82, 2.24) is 0 Å². The fraction of sp³-hybridized carbons (Fsp3) is 0.622. The topological polar surface area (TPSA) is 253 Å². The number of unbranched alkanes of at least 4 members (excludes halogenated alkanes) is 2. The molecule has 1 aromatic rings. The number of ether oxygens (including phenoxy) is 6. The van der Waals surface area contributed by atoms with Crippen LogP contribution in [0.25, 0.3) is 0 Å². The fourth-order valence-electron chi connectivity index (χ4n) is 8.85. The first-order valence-corrected chi connectivity index (χ1v) is 26.6. The number of methoxy groups -OCH3 is 2. The Bertz CT molecular complexity index is 2290. The Morgan fingerprint density at radius 1 is 0.848 bits per heavy atom. The van der Waals surface area contributed by atoms with E-state index >= 15 is 0 Å². The molecule has 1 aliphatic carbocycles. The second-order valence-electron chi connectivity index (χ2n) is 16.8. The van der Waals surface area contributed by atoms with E-state index in [4.69, 9.17) is 28.4 Å². The highest BCUT2D eigenvalue weighted by Crippen LogP contribution is 2.51. The van der Waals surface area contributed by atoms with Crippen molar-refractivity contribution in [1.29, 1.82) is 0 Å². The number of benzene rings is 1. The lowest BCUT2D eigenvalue weighted by atomic mass is 9.69. The summed E-state index contributed by atoms with van der Waals surface area (Å²) < 4.78 is 133. The molecule has 0 radical (unpaired) electrons. The van der Waals surface area contributed by atoms with Crippen LogP contribution in [0.1, 0.15) is 64.4 Å². The second kappa shape index (κ2) is 25.3. The number of aliphatic carboxylic acids is 1. The normalized spacial score (nSPS) is 23.5. The number of anilines is 1. The summed E-state index contributed by atoms with van der Waals surface area (Å²) in [5.74, 6) is 1.54. The van der Waals surface area contributed by atoms with Gasteiger partial charge in [0.2, 0.25) is 0 Å². The molecule has 66 heavy (non-hydrogen) atoms. The Balaban J connectivity index is 1.70. The Morgan fingerprint density at radius 3 is 2.05 bits per heavy atom. The van der Waals surface area contributed by atoms with E-state index in [1.165, 1.54) is 18.2 Å². The molecule has 21 heteroatoms. The van der Waals surface area contributed by atoms with Gasteiger partial charge in [-0.05, 0) is 87.9 Å². The summed E-state index contributed by atoms with van der Waals surface area (Å²) in [7, 11) is -10.1. The molecule has 5 atom stereocenters. The van der Waals surface area contributed by atoms with Crippen LogP contribution in [-0.2, 0) is 68.7 Å². The Morgan fingerprint density at radius 2 is 1.47 bits per heavy atom. The number of hydrogen-bond donors (Lipinski definition) is 1. The third-order valence-corrected chi connectivity index (χ3v) is 14.8. The molecule has 0 bridgehead atoms. The average molecular weight is 987 g/mol. The maximum absolute atomic E-state index is 12.7. The molecule has 4 rings (SSSR count). The van der Waals surface area contributed by atoms with Gasteiger partial charge >= 0.3 is 5.97 Å². The van der Waals surface area contributed by atoms with Gasteiger partial charge in [0.25, 0.3) is 0 Å². The molecule has 5 unspecified atom stereocenters. The zero-order valence-corrected chi connectivity index (χ0v) is 40.8. The number of allylic oxidation sites excluding steroid dienone is 5. The van der Waals surface area contributed by atoms with E-state index in [9.17, 15) is 44.6 Å². The molecule has 0 aromatic heterocycles. The minimum absolute atomic E-state index is 0.0387. The number of carboxylic acids is 1. The molecule has 1 aromatic carbocycles. The van der Waals surface area contributed by atoms with Gasteiger partial charge in [0.05, 0.1) is 85.8 Å². The Kier molecular flexibility index (Phi) is 21.2. The van der Waals surface area contributed by atoms with Crippen LogP contribution in [0.4, 0.5) is 5.69 Å². The first-order chi connectivity index (χ1) is 31.2. The van der Waals surface area contributed by atoms with E-state index in [0.717, 1.165) is 5.71 Å². The van der Waals surface area contributed by atoms with Crippen molar-refractivity contribution in [3.05, 3.63) is 70.8 Å². The molecule has 1 N–H and O–H groups in total. The van der Waals surface area contributed by atoms with Crippen LogP contribution in [0, 0.1) is 11.3 Å². The monoisotopic (exact) mass is 986 g/mol. The first-order valence-electron chi connectivity index (χ1n) is 22.0. The van der Waals surface area contributed by atoms with Crippen molar-refractivity contribution in [2.75, 3.05) is 104 Å². The zero-order valence-electron chi connectivity index (χ0n) is 38.4. The summed E-state index contributed by atoms with van der Waals surface area (Å²) >= 11 is 0. The van der Waals surface area contributed by atoms with Crippen molar-refractivity contribution in [2.24, 2.45) is 11.3 Å². The molecule has 372 valence electrons. The summed E-state index contributed by atoms with van der Waals surface area (Å²) in [6.07, 6.45) is 13.2. The minimum Gasteiger partial charge on any atom is -0.774 e. The molecule has 0 saturated heterocycles. The quantitative estimate of drug-likeness (QED) is 0.0469. The van der Waals surface area contributed by atoms with Gasteiger partial charge in [-0.25, -0.2) is 21.4 Å². The average Bonchev–Trinajstić information content (AvgIpc) is 3.61. The van der Waals surface area contributed by atoms with Crippen molar-refractivity contribution in [2.45, 2.75) is 75.1 Å². The third-order valence-electron chi connectivity index (χ3n) is 12.2. The second-order valence-corrected chi connectivity index (χ2v) is 21.4. The van der Waals surface area contributed by atoms with Crippen molar-refractivity contribution in [3.63, 3.8) is 0 Å². The van der Waals surface area contributed by atoms with Gasteiger partial charge < -0.3 is 52.1 Å². The van der Waals surface area contributed by atoms with Crippen molar-refractivity contribution in [3.8, 4) is 0 Å². The van der Waals surface area contributed by atoms with Gasteiger partial charge in [-0.1, -0.05) is 27.8 Å². The van der Waals surface area contributed by atoms with E-state index in [-0.39, 0.29) is 62.5 Å². The number of fused-ring (bicyclic) bond motifs is 2. The zero-order chi connectivity index (χ0) is 48.6. The summed E-state index contributed by atoms with van der Waals surface area (Å²) in [6, 6.07) is 3.82. The summed E-state index contributed by atoms with van der Waals surface area (Å²) in [5, 5.41) is 9.22. The fourth-order valence-corrected chi connectivity index (χ4v) is 10.5. The lowest BCUT2D eigenvalue weighted by Crippen LogP contribution is -2.35. The number of hydrogen-bond acceptors (Lipinski definition) is 16. The van der Waals surface area contributed by atoms with E-state index in [1.807, 2.05) is 36.1 Å². The number of nitrogens with zero attached hydrogens (tertiary/aromatic N) is 2. The largest absolute Gasteiger partial charge is 0.774 e. The van der Waals surface area contributed by atoms with E-state index in [2.05, 4.69) is 17.4 Å². The molecule has 3 aliphatic rings. The van der Waals surface area contributed by atoms with Crippen LogP contribution in [0.15, 0.2) is 70.2 Å². The summed E-state index contributed by atoms with van der Waals surface area (Å²) in [4.78, 5) is 12.8. The van der Waals surface area contributed by atoms with E-state index in [0.29, 0.717) is 95.4 Å². The molecule has 2 aliphatic heterocycles. The lowest BCUT2D eigenvalue weighted by molar-refractivity contribution is -0.550. The van der Waals surface area contributed by atoms with Gasteiger partial charge in [-0.3, -0.25) is 9.00 Å². The lowest BCUT2D eigenvalue weighted by Gasteiger charge is -2.31. The van der Waals surface area contributed by atoms with Crippen molar-refractivity contribution >= 4 is 53.3 Å². The number of carboxylic acid groups (broad SMARTS) is 1. The van der Waals surface area contributed by atoms with Crippen molar-refractivity contribution < 1.29 is 77.6 Å². The summed E-state index contributed by atoms with van der Waals surface area (Å²) in [5.41, 5.74) is 0.768. The Hall–Kier alpha value is -3.32. The molecule has 0 fully saturated rings. The number of rotatable bonds is 32. The smallest absolute Gasteiger partial charge is 0.303 e. The minimum atomic E-state index is -4.90. The summed E-state index contributed by atoms with van der Waals surface area (Å²) in [6.45, 7) is 8.29. The SMILES string of the molecule is C=S(=O)([O-])C1=CC2C(C=C1)[N+](CCCCCC(=O)O)=C(/C=C/C=C1/N(CCOCCOCCOCCOCCOC)c3ccc(S(=O)(=O)[O-])cc3C1(C)CCCS(=O)(=O)[O-])C2(C)CCOC. The van der Waals surface area contributed by atoms with Gasteiger partial charge in [0.15, 0.2) is 11.8 Å². The van der Waals surface area contributed by atoms with Crippen LogP contribution in [0.5, 0.6) is 0 Å². The standard InChI is InChI=1S/C45H68N2O16S3/c1-44(18-10-32-65(52,53)54)38-34-36(66(55,56)57)15-17-40(38)47(21-23-60-26-27-62-30-31-63-29-28-61-25-24-59-4)41(44)11-9-12-42-45(2,19-22-58-3)37-33-35(64(5,50)51)14-16-39(37)46(42)20-8-6-7-13-43(48)49/h9,11-12,14-17,33-34,37,39H,5-8,10,13,18-32H2,1-4H3,(H3-,48,49,50,51,52,53,54,55,56,57)/p-2. The van der Waals surface area contributed by atoms with Crippen LogP contribution >= 0.6 is 0 Å². The predicted molar refractivity (Wildman–Crippen MR) is 247 cm³/mol. The van der Waals surface area contributed by atoms with Gasteiger partial charge in [0, 0.05) is 73.7 Å². The van der Waals surface area contributed by atoms with Crippen LogP contribution < -0.4 is 4.90 Å². The highest BCUT2D eigenvalue weighted by Gasteiger charge is 2.55. The molecule has 18 nitrogen and oxygen atoms in total. The molecule has 2 heterocycles. The molecule has 0 spiro atoms. The van der Waals surface area contributed by atoms with Gasteiger partial charge in [-0.2, -0.15) is 0 Å². The first kappa shape index (κ1) is 55.3. The van der Waals surface area contributed by atoms with Gasteiger partial charge in [-0.15, -0.1) is 0 Å². The highest BCUT2D eigenvalue weighted by molar-refractivity contribution is 7.98. The van der Waals surface area contributed by atoms with Crippen LogP contribution in [-0.4, -0.2) is 167 Å². The molecule has 0 amide bonds. The highest BCUT2D eigenvalue weighted by atomic mass is 32.2. The number of carbonyl (C=O) groups is 1. The third kappa shape index (κ3) is 15.6. The van der Waals surface area contributed by atoms with E-state index < -0.39 is 57.5 Å². The predicted octanol–water partition coefficient (Wildman–Crippen LogP) is 3.59. The van der Waals surface area contributed by atoms with Crippen LogP contribution in [0.3, 0.4) is 0 Å². The molecular formula is C45H66N2O16S3-2. The van der Waals surface area contributed by atoms with E-state index in [1.54, 1.807) is 26.4 Å². The van der Waals surface area contributed by atoms with Gasteiger partial charge in [0.1, 0.15) is 16.7 Å². The molecular weight excluding hydrogens is 921 g/mol. The Labute approximate surface area is 390 Å². The van der Waals surface area contributed by atoms with Crippen LogP contribution in [0.2, 0.25) is 0 Å². The maximum Gasteiger partial charge on any atom is 0.303 e. The maximum atomic E-state index is 12.7. The molecule has 0 saturated carbocycles.